The molecule has 0 aromatic rings. The van der Waals surface area contributed by atoms with Crippen molar-refractivity contribution in [2.24, 2.45) is 0 Å². The molecule has 0 heterocycles. The van der Waals surface area contributed by atoms with Gasteiger partial charge in [-0.15, -0.1) is 0 Å². The first-order valence-corrected chi connectivity index (χ1v) is 47.1. The highest BCUT2D eigenvalue weighted by molar-refractivity contribution is 7.47. The Bertz CT molecular complexity index is 2600. The molecule has 0 bridgehead atoms. The maximum atomic E-state index is 13.0. The fourth-order valence-corrected chi connectivity index (χ4v) is 13.5. The number of phosphoric acid groups is 2. The molecule has 4 N–H and O–H groups in total. The van der Waals surface area contributed by atoms with E-state index in [2.05, 4.69) is 167 Å². The number of hydrogen-bond donors (Lipinski definition) is 4. The minimum atomic E-state index is -4.94. The lowest BCUT2D eigenvalue weighted by Crippen LogP contribution is -2.30. The van der Waals surface area contributed by atoms with E-state index >= 15 is 0 Å². The molecule has 18 heteroatoms. The summed E-state index contributed by atoms with van der Waals surface area (Å²) < 4.78 is 61.4. The van der Waals surface area contributed by atoms with Crippen LogP contribution in [0, 0.1) is 0 Å². The summed E-state index contributed by atoms with van der Waals surface area (Å²) >= 11 is 0. The minimum absolute atomic E-state index is 0.0912. The summed E-state index contributed by atoms with van der Waals surface area (Å²) in [5.41, 5.74) is 0. The van der Waals surface area contributed by atoms with E-state index in [0.717, 1.165) is 173 Å². The van der Waals surface area contributed by atoms with Crippen LogP contribution in [0.5, 0.6) is 0 Å². The molecule has 0 aliphatic rings. The lowest BCUT2D eigenvalue weighted by molar-refractivity contribution is -0.161. The predicted octanol–water partition coefficient (Wildman–Crippen LogP) is 26.8. The van der Waals surface area contributed by atoms with E-state index in [1.54, 1.807) is 0 Å². The highest BCUT2D eigenvalue weighted by atomic mass is 31.2. The molecule has 0 spiro atoms. The number of carbonyl (C=O) groups excluding carboxylic acids is 3. The van der Waals surface area contributed by atoms with Crippen molar-refractivity contribution in [3.8, 4) is 0 Å². The monoisotopic (exact) mass is 1600 g/mol. The molecule has 0 aromatic carbocycles. The van der Waals surface area contributed by atoms with Crippen molar-refractivity contribution < 1.29 is 75.8 Å². The Hall–Kier alpha value is -4.57. The van der Waals surface area contributed by atoms with Crippen LogP contribution in [-0.2, 0) is 55.8 Å². The third-order valence-corrected chi connectivity index (χ3v) is 20.4. The van der Waals surface area contributed by atoms with Gasteiger partial charge in [-0.2, -0.15) is 0 Å². The Labute approximate surface area is 677 Å². The molecule has 0 aliphatic heterocycles. The van der Waals surface area contributed by atoms with Gasteiger partial charge in [-0.05, 0) is 141 Å². The summed E-state index contributed by atoms with van der Waals surface area (Å²) in [6.07, 6.45) is 106. The summed E-state index contributed by atoms with van der Waals surface area (Å²) in [4.78, 5) is 58.9. The highest BCUT2D eigenvalue weighted by Gasteiger charge is 2.29. The summed E-state index contributed by atoms with van der Waals surface area (Å²) in [7, 11) is -9.81. The van der Waals surface area contributed by atoms with Gasteiger partial charge < -0.3 is 34.2 Å². The summed E-state index contributed by atoms with van der Waals surface area (Å²) in [6, 6.07) is 0. The van der Waals surface area contributed by atoms with Crippen LogP contribution in [-0.4, -0.2) is 95.9 Å². The largest absolute Gasteiger partial charge is 0.472 e. The normalized spacial score (nSPS) is 14.5. The lowest BCUT2D eigenvalue weighted by Gasteiger charge is -2.21. The van der Waals surface area contributed by atoms with Crippen molar-refractivity contribution in [2.75, 3.05) is 39.6 Å². The van der Waals surface area contributed by atoms with Gasteiger partial charge in [0.1, 0.15) is 25.4 Å². The second-order valence-electron chi connectivity index (χ2n) is 29.3. The Kier molecular flexibility index (Phi) is 81.3. The number of esters is 3. The van der Waals surface area contributed by atoms with Gasteiger partial charge in [-0.3, -0.25) is 32.5 Å². The van der Waals surface area contributed by atoms with Gasteiger partial charge >= 0.3 is 33.6 Å². The molecule has 0 fully saturated rings. The molecule has 0 radical (unpaired) electrons. The zero-order valence-electron chi connectivity index (χ0n) is 70.1. The quantitative estimate of drug-likeness (QED) is 0.0146. The molecule has 0 saturated heterocycles. The zero-order valence-corrected chi connectivity index (χ0v) is 71.9. The first-order valence-electron chi connectivity index (χ1n) is 44.1. The molecule has 0 saturated carbocycles. The molecular weight excluding hydrogens is 1430 g/mol. The molecular formula is C93H160O16P2. The SMILES string of the molecule is CC/C=C\C/C=C\C/C=C\C/C=C\C/C=C\CCCCCCCCCCCCCCCC(=O)OCC(O)COP(=O)(O)OCC(O)COP(=O)(O)OCC(COC(=O)CCCCCCCCCCCCCCC/C=C\C/C=C\C/C=C\C/C=C\CCCCC)OC(=O)CCCCCCCCC/C=C\C/C=C\C/C=C\CC. The van der Waals surface area contributed by atoms with Gasteiger partial charge in [0.2, 0.25) is 0 Å². The van der Waals surface area contributed by atoms with Crippen molar-refractivity contribution in [2.45, 2.75) is 386 Å². The molecule has 5 atom stereocenters. The number of rotatable bonds is 83. The van der Waals surface area contributed by atoms with Gasteiger partial charge in [0.25, 0.3) is 0 Å². The van der Waals surface area contributed by atoms with Crippen molar-refractivity contribution in [1.29, 1.82) is 0 Å². The average Bonchev–Trinajstić information content (AvgIpc) is 0.901. The average molecular weight is 1600 g/mol. The van der Waals surface area contributed by atoms with E-state index in [9.17, 15) is 43.5 Å². The van der Waals surface area contributed by atoms with E-state index in [1.807, 2.05) is 0 Å². The number of aliphatic hydroxyl groups is 2. The van der Waals surface area contributed by atoms with Crippen LogP contribution in [0.15, 0.2) is 146 Å². The van der Waals surface area contributed by atoms with Crippen LogP contribution in [0.4, 0.5) is 0 Å². The molecule has 0 amide bonds. The van der Waals surface area contributed by atoms with Gasteiger partial charge in [-0.1, -0.05) is 353 Å². The number of carbonyl (C=O) groups is 3. The number of ether oxygens (including phenoxy) is 3. The predicted molar refractivity (Wildman–Crippen MR) is 463 cm³/mol. The fraction of sp³-hybridized carbons (Fsp3) is 0.710. The van der Waals surface area contributed by atoms with Crippen LogP contribution in [0.25, 0.3) is 0 Å². The van der Waals surface area contributed by atoms with Gasteiger partial charge in [-0.25, -0.2) is 9.13 Å². The topological polar surface area (TPSA) is 231 Å². The Morgan fingerprint density at radius 2 is 0.477 bits per heavy atom. The summed E-state index contributed by atoms with van der Waals surface area (Å²) in [5.74, 6) is -1.58. The molecule has 0 rings (SSSR count). The van der Waals surface area contributed by atoms with Crippen LogP contribution in [0.2, 0.25) is 0 Å². The van der Waals surface area contributed by atoms with E-state index in [0.29, 0.717) is 19.3 Å². The number of phosphoric ester groups is 2. The second kappa shape index (κ2) is 84.8. The summed E-state index contributed by atoms with van der Waals surface area (Å²) in [5, 5.41) is 20.7. The first-order chi connectivity index (χ1) is 54.2. The summed E-state index contributed by atoms with van der Waals surface area (Å²) in [6.45, 7) is 2.46. The van der Waals surface area contributed by atoms with E-state index in [4.69, 9.17) is 32.3 Å². The van der Waals surface area contributed by atoms with Crippen molar-refractivity contribution >= 4 is 33.6 Å². The molecule has 16 nitrogen and oxygen atoms in total. The maximum Gasteiger partial charge on any atom is 0.472 e. The first kappa shape index (κ1) is 106. The number of allylic oxidation sites excluding steroid dienone is 24. The molecule has 111 heavy (non-hydrogen) atoms. The number of aliphatic hydroxyl groups excluding tert-OH is 2. The van der Waals surface area contributed by atoms with Gasteiger partial charge in [0.05, 0.1) is 26.4 Å². The second-order valence-corrected chi connectivity index (χ2v) is 32.2. The van der Waals surface area contributed by atoms with Gasteiger partial charge in [0, 0.05) is 19.3 Å². The minimum Gasteiger partial charge on any atom is -0.463 e. The van der Waals surface area contributed by atoms with Crippen LogP contribution in [0.3, 0.4) is 0 Å². The standard InChI is InChI=1S/C93H160O16P2/c1-4-7-10-13-16-19-22-25-28-31-33-35-37-39-41-43-45-47-49-51-53-56-58-61-64-67-70-73-76-79-91(96)103-82-88(94)83-105-110(99,100)106-84-89(95)85-107-111(101,102)108-87-90(109-93(98)81-78-75-72-69-66-63-60-55-30-27-24-21-18-15-12-9-6-3)86-104-92(97)80-77-74-71-68-65-62-59-57-54-52-50-48-46-44-42-40-38-36-34-32-29-26-23-20-17-14-11-8-5-2/h7,9-10,12,16-21,25-30,33-36,39-42,88-90,94-95H,4-6,8,11,13-15,22-24,31-32,37-38,43-87H2,1-3H3,(H,99,100)(H,101,102)/b10-7-,12-9-,19-16-,20-17-,21-18-,28-25-,29-26-,30-27-,35-33-,36-34-,41-39-,42-40-. The molecule has 0 aromatic heterocycles. The Balaban J connectivity index is 4.55. The van der Waals surface area contributed by atoms with Crippen LogP contribution >= 0.6 is 15.6 Å². The third kappa shape index (κ3) is 86.1. The molecule has 638 valence electrons. The Morgan fingerprint density at radius 1 is 0.261 bits per heavy atom. The van der Waals surface area contributed by atoms with Crippen molar-refractivity contribution in [3.63, 3.8) is 0 Å². The Morgan fingerprint density at radius 3 is 0.757 bits per heavy atom. The van der Waals surface area contributed by atoms with Crippen molar-refractivity contribution in [3.05, 3.63) is 146 Å². The molecule has 5 unspecified atom stereocenters. The fourth-order valence-electron chi connectivity index (χ4n) is 11.9. The van der Waals surface area contributed by atoms with E-state index < -0.39 is 91.5 Å². The van der Waals surface area contributed by atoms with Crippen molar-refractivity contribution in [1.82, 2.24) is 0 Å². The number of hydrogen-bond acceptors (Lipinski definition) is 14. The zero-order chi connectivity index (χ0) is 80.8. The number of unbranched alkanes of at least 4 members (excludes halogenated alkanes) is 36. The van der Waals surface area contributed by atoms with Gasteiger partial charge in [0.15, 0.2) is 6.10 Å². The third-order valence-electron chi connectivity index (χ3n) is 18.5. The maximum absolute atomic E-state index is 13.0. The highest BCUT2D eigenvalue weighted by Crippen LogP contribution is 2.45. The van der Waals surface area contributed by atoms with E-state index in [1.165, 1.54) is 135 Å². The molecule has 0 aliphatic carbocycles. The van der Waals surface area contributed by atoms with E-state index in [-0.39, 0.29) is 19.3 Å². The smallest absolute Gasteiger partial charge is 0.463 e. The lowest BCUT2D eigenvalue weighted by atomic mass is 10.0. The van der Waals surface area contributed by atoms with Crippen LogP contribution in [0.1, 0.15) is 367 Å². The van der Waals surface area contributed by atoms with Crippen LogP contribution < -0.4 is 0 Å².